The SMILES string of the molecule is Cc1cc(Nc2cnc3[nH]c(-c4ccc(Nc5ccnc6ccc(C#N)cc56)cc4)nc3c2)ccn1. The van der Waals surface area contributed by atoms with Crippen molar-refractivity contribution in [3.8, 4) is 17.5 Å². The predicted molar refractivity (Wildman–Crippen MR) is 141 cm³/mol. The van der Waals surface area contributed by atoms with Gasteiger partial charge in [-0.15, -0.1) is 0 Å². The smallest absolute Gasteiger partial charge is 0.157 e. The molecule has 2 aromatic carbocycles. The first-order valence-electron chi connectivity index (χ1n) is 11.4. The van der Waals surface area contributed by atoms with Gasteiger partial charge < -0.3 is 15.6 Å². The molecule has 0 bridgehead atoms. The Bertz CT molecular complexity index is 1760. The summed E-state index contributed by atoms with van der Waals surface area (Å²) in [6.07, 6.45) is 5.31. The number of nitriles is 1. The maximum Gasteiger partial charge on any atom is 0.157 e. The maximum absolute atomic E-state index is 9.25. The average Bonchev–Trinajstić information content (AvgIpc) is 3.33. The Balaban J connectivity index is 1.24. The highest BCUT2D eigenvalue weighted by molar-refractivity contribution is 5.93. The Kier molecular flexibility index (Phi) is 5.20. The Labute approximate surface area is 206 Å². The van der Waals surface area contributed by atoms with E-state index in [2.05, 4.69) is 36.6 Å². The molecule has 8 nitrogen and oxygen atoms in total. The molecule has 6 aromatic rings. The summed E-state index contributed by atoms with van der Waals surface area (Å²) < 4.78 is 0. The van der Waals surface area contributed by atoms with Crippen molar-refractivity contribution in [2.45, 2.75) is 6.92 Å². The van der Waals surface area contributed by atoms with Crippen molar-refractivity contribution in [3.63, 3.8) is 0 Å². The third-order valence-corrected chi connectivity index (χ3v) is 5.83. The molecule has 0 amide bonds. The molecule has 0 aliphatic carbocycles. The zero-order chi connectivity index (χ0) is 24.5. The minimum absolute atomic E-state index is 0.599. The van der Waals surface area contributed by atoms with Gasteiger partial charge in [0.25, 0.3) is 0 Å². The van der Waals surface area contributed by atoms with Gasteiger partial charge in [0.2, 0.25) is 0 Å². The second kappa shape index (κ2) is 8.81. The van der Waals surface area contributed by atoms with E-state index in [4.69, 9.17) is 4.98 Å². The molecular formula is C28H20N8. The van der Waals surface area contributed by atoms with E-state index in [-0.39, 0.29) is 0 Å². The first-order chi connectivity index (χ1) is 17.6. The van der Waals surface area contributed by atoms with Gasteiger partial charge in [0, 0.05) is 46.1 Å². The van der Waals surface area contributed by atoms with Crippen LogP contribution in [0.2, 0.25) is 0 Å². The molecule has 0 saturated heterocycles. The summed E-state index contributed by atoms with van der Waals surface area (Å²) in [5.74, 6) is 0.744. The van der Waals surface area contributed by atoms with Crippen LogP contribution in [-0.2, 0) is 0 Å². The summed E-state index contributed by atoms with van der Waals surface area (Å²) in [4.78, 5) is 21.2. The Morgan fingerprint density at radius 3 is 2.47 bits per heavy atom. The van der Waals surface area contributed by atoms with Crippen LogP contribution in [0, 0.1) is 18.3 Å². The summed E-state index contributed by atoms with van der Waals surface area (Å²) in [5.41, 5.74) is 8.44. The number of hydrogen-bond acceptors (Lipinski definition) is 7. The minimum Gasteiger partial charge on any atom is -0.355 e. The number of pyridine rings is 3. The van der Waals surface area contributed by atoms with Crippen LogP contribution in [0.15, 0.2) is 85.3 Å². The van der Waals surface area contributed by atoms with Crippen LogP contribution in [-0.4, -0.2) is 24.9 Å². The number of nitrogens with zero attached hydrogens (tertiary/aromatic N) is 5. The van der Waals surface area contributed by atoms with Crippen LogP contribution >= 0.6 is 0 Å². The standard InChI is InChI=1S/C28H20N8/c1-17-12-21(8-10-30-17)33-22-14-26-28(32-16-22)36-27(35-26)19-3-5-20(6-4-19)34-25-9-11-31-24-7-2-18(15-29)13-23(24)25/h2-14,16H,1H3,(H,30,33)(H,31,34)(H,32,35,36). The zero-order valence-electron chi connectivity index (χ0n) is 19.3. The Morgan fingerprint density at radius 1 is 0.778 bits per heavy atom. The summed E-state index contributed by atoms with van der Waals surface area (Å²) in [6, 6.07) is 23.4. The van der Waals surface area contributed by atoms with Gasteiger partial charge in [-0.05, 0) is 73.7 Å². The van der Waals surface area contributed by atoms with Crippen molar-refractivity contribution in [2.75, 3.05) is 10.6 Å². The number of imidazole rings is 1. The Morgan fingerprint density at radius 2 is 1.64 bits per heavy atom. The molecule has 4 aromatic heterocycles. The molecule has 0 fully saturated rings. The van der Waals surface area contributed by atoms with Crippen LogP contribution in [0.25, 0.3) is 33.5 Å². The van der Waals surface area contributed by atoms with Gasteiger partial charge in [-0.25, -0.2) is 9.97 Å². The minimum atomic E-state index is 0.599. The predicted octanol–water partition coefficient (Wildman–Crippen LogP) is 6.24. The lowest BCUT2D eigenvalue weighted by Gasteiger charge is -2.10. The van der Waals surface area contributed by atoms with Crippen molar-refractivity contribution in [3.05, 3.63) is 96.6 Å². The molecule has 0 saturated carbocycles. The summed E-state index contributed by atoms with van der Waals surface area (Å²) in [5, 5.41) is 16.9. The van der Waals surface area contributed by atoms with Gasteiger partial charge in [0.15, 0.2) is 5.65 Å². The molecule has 0 unspecified atom stereocenters. The van der Waals surface area contributed by atoms with E-state index < -0.39 is 0 Å². The van der Waals surface area contributed by atoms with Crippen molar-refractivity contribution < 1.29 is 0 Å². The molecule has 6 rings (SSSR count). The number of anilines is 4. The van der Waals surface area contributed by atoms with Crippen molar-refractivity contribution in [1.82, 2.24) is 24.9 Å². The van der Waals surface area contributed by atoms with Crippen LogP contribution in [0.3, 0.4) is 0 Å². The van der Waals surface area contributed by atoms with Gasteiger partial charge in [-0.3, -0.25) is 9.97 Å². The number of hydrogen-bond donors (Lipinski definition) is 3. The monoisotopic (exact) mass is 468 g/mol. The number of aromatic amines is 1. The van der Waals surface area contributed by atoms with Gasteiger partial charge in [0.1, 0.15) is 11.3 Å². The van der Waals surface area contributed by atoms with Crippen LogP contribution in [0.4, 0.5) is 22.7 Å². The number of aromatic nitrogens is 5. The second-order valence-electron chi connectivity index (χ2n) is 8.39. The number of fused-ring (bicyclic) bond motifs is 2. The first-order valence-corrected chi connectivity index (χ1v) is 11.4. The molecule has 172 valence electrons. The number of rotatable bonds is 5. The Hall–Kier alpha value is -5.29. The van der Waals surface area contributed by atoms with E-state index in [1.165, 1.54) is 0 Å². The number of benzene rings is 2. The molecule has 36 heavy (non-hydrogen) atoms. The van der Waals surface area contributed by atoms with Gasteiger partial charge in [-0.1, -0.05) is 0 Å². The van der Waals surface area contributed by atoms with Crippen LogP contribution < -0.4 is 10.6 Å². The van der Waals surface area contributed by atoms with E-state index in [1.54, 1.807) is 24.7 Å². The fourth-order valence-corrected chi connectivity index (χ4v) is 4.08. The van der Waals surface area contributed by atoms with E-state index in [0.717, 1.165) is 61.9 Å². The van der Waals surface area contributed by atoms with Crippen molar-refractivity contribution >= 4 is 44.8 Å². The molecule has 0 aliphatic heterocycles. The average molecular weight is 469 g/mol. The third kappa shape index (κ3) is 4.17. The molecule has 4 heterocycles. The molecule has 0 aliphatic rings. The fraction of sp³-hybridized carbons (Fsp3) is 0.0357. The number of aryl methyl sites for hydroxylation is 1. The van der Waals surface area contributed by atoms with Gasteiger partial charge >= 0.3 is 0 Å². The number of nitrogens with one attached hydrogen (secondary N) is 3. The summed E-state index contributed by atoms with van der Waals surface area (Å²) in [6.45, 7) is 1.96. The fourth-order valence-electron chi connectivity index (χ4n) is 4.08. The van der Waals surface area contributed by atoms with E-state index in [0.29, 0.717) is 5.56 Å². The quantitative estimate of drug-likeness (QED) is 0.274. The van der Waals surface area contributed by atoms with Crippen LogP contribution in [0.5, 0.6) is 0 Å². The van der Waals surface area contributed by atoms with Gasteiger partial charge in [-0.2, -0.15) is 5.26 Å². The van der Waals surface area contributed by atoms with E-state index in [1.807, 2.05) is 67.6 Å². The molecule has 0 spiro atoms. The highest BCUT2D eigenvalue weighted by Gasteiger charge is 2.09. The van der Waals surface area contributed by atoms with E-state index >= 15 is 0 Å². The normalized spacial score (nSPS) is 10.9. The molecule has 3 N–H and O–H groups in total. The topological polar surface area (TPSA) is 115 Å². The van der Waals surface area contributed by atoms with E-state index in [9.17, 15) is 5.26 Å². The second-order valence-corrected chi connectivity index (χ2v) is 8.39. The third-order valence-electron chi connectivity index (χ3n) is 5.83. The maximum atomic E-state index is 9.25. The largest absolute Gasteiger partial charge is 0.355 e. The highest BCUT2D eigenvalue weighted by Crippen LogP contribution is 2.28. The zero-order valence-corrected chi connectivity index (χ0v) is 19.3. The van der Waals surface area contributed by atoms with Gasteiger partial charge in [0.05, 0.1) is 29.0 Å². The van der Waals surface area contributed by atoms with Crippen LogP contribution in [0.1, 0.15) is 11.3 Å². The lowest BCUT2D eigenvalue weighted by Crippen LogP contribution is -1.93. The number of H-pyrrole nitrogens is 1. The highest BCUT2D eigenvalue weighted by atomic mass is 15.0. The lowest BCUT2D eigenvalue weighted by molar-refractivity contribution is 1.20. The lowest BCUT2D eigenvalue weighted by atomic mass is 10.1. The summed E-state index contributed by atoms with van der Waals surface area (Å²) >= 11 is 0. The van der Waals surface area contributed by atoms with Crippen molar-refractivity contribution in [1.29, 1.82) is 5.26 Å². The van der Waals surface area contributed by atoms with Crippen molar-refractivity contribution in [2.24, 2.45) is 0 Å². The molecule has 0 atom stereocenters. The molecule has 8 heteroatoms. The molecular weight excluding hydrogens is 448 g/mol. The molecule has 0 radical (unpaired) electrons. The summed E-state index contributed by atoms with van der Waals surface area (Å²) in [7, 11) is 0. The first kappa shape index (κ1) is 21.3.